The fraction of sp³-hybridized carbons (Fsp3) is 0.611. The van der Waals surface area contributed by atoms with Gasteiger partial charge in [-0.05, 0) is 18.4 Å². The Hall–Kier alpha value is -1.51. The second-order valence-electron chi connectivity index (χ2n) is 6.81. The largest absolute Gasteiger partial charge is 0.337 e. The minimum atomic E-state index is -0.0705. The zero-order valence-corrected chi connectivity index (χ0v) is 14.4. The molecule has 3 nitrogen and oxygen atoms in total. The Labute approximate surface area is 129 Å². The number of carbonyl (C=O) groups is 1. The lowest BCUT2D eigenvalue weighted by molar-refractivity contribution is 0.199. The highest BCUT2D eigenvalue weighted by molar-refractivity contribution is 5.74. The zero-order chi connectivity index (χ0) is 16.0. The van der Waals surface area contributed by atoms with Gasteiger partial charge in [-0.15, -0.1) is 0 Å². The van der Waals surface area contributed by atoms with Crippen LogP contribution in [-0.2, 0) is 5.41 Å². The van der Waals surface area contributed by atoms with Crippen molar-refractivity contribution in [1.82, 2.24) is 10.2 Å². The van der Waals surface area contributed by atoms with Gasteiger partial charge in [0.2, 0.25) is 0 Å². The van der Waals surface area contributed by atoms with E-state index in [0.717, 1.165) is 13.0 Å². The molecule has 2 amide bonds. The van der Waals surface area contributed by atoms with Gasteiger partial charge in [0.25, 0.3) is 0 Å². The maximum absolute atomic E-state index is 12.2. The number of amides is 2. The van der Waals surface area contributed by atoms with Crippen molar-refractivity contribution in [3.05, 3.63) is 35.4 Å². The molecule has 0 aromatic heterocycles. The molecule has 1 rings (SSSR count). The zero-order valence-electron chi connectivity index (χ0n) is 14.4. The Morgan fingerprint density at radius 1 is 1.38 bits per heavy atom. The van der Waals surface area contributed by atoms with E-state index < -0.39 is 0 Å². The van der Waals surface area contributed by atoms with Crippen LogP contribution < -0.4 is 5.32 Å². The second-order valence-corrected chi connectivity index (χ2v) is 6.81. The first-order valence-electron chi connectivity index (χ1n) is 7.82. The van der Waals surface area contributed by atoms with Crippen LogP contribution in [0.4, 0.5) is 4.79 Å². The normalized spacial score (nSPS) is 12.9. The van der Waals surface area contributed by atoms with E-state index in [0.29, 0.717) is 12.5 Å². The van der Waals surface area contributed by atoms with Crippen LogP contribution in [-0.4, -0.2) is 31.1 Å². The molecule has 0 spiro atoms. The van der Waals surface area contributed by atoms with Crippen molar-refractivity contribution >= 4 is 6.03 Å². The first-order chi connectivity index (χ1) is 9.76. The molecule has 0 saturated carbocycles. The van der Waals surface area contributed by atoms with Gasteiger partial charge in [0.15, 0.2) is 0 Å². The monoisotopic (exact) mass is 290 g/mol. The van der Waals surface area contributed by atoms with E-state index in [1.165, 1.54) is 11.1 Å². The molecule has 0 aliphatic carbocycles. The van der Waals surface area contributed by atoms with E-state index in [4.69, 9.17) is 0 Å². The fourth-order valence-corrected chi connectivity index (χ4v) is 2.28. The van der Waals surface area contributed by atoms with E-state index in [1.807, 2.05) is 7.05 Å². The summed E-state index contributed by atoms with van der Waals surface area (Å²) in [5.74, 6) is 0.533. The molecule has 0 bridgehead atoms. The molecule has 3 heteroatoms. The molecule has 1 aromatic rings. The first-order valence-corrected chi connectivity index (χ1v) is 7.82. The molecule has 1 unspecified atom stereocenters. The molecule has 0 fully saturated rings. The van der Waals surface area contributed by atoms with Gasteiger partial charge in [-0.3, -0.25) is 0 Å². The SMILES string of the molecule is CCC(C)CN(C)C(=O)NCC(C)(C)c1cccc(C)c1. The van der Waals surface area contributed by atoms with Crippen LogP contribution in [0.2, 0.25) is 0 Å². The van der Waals surface area contributed by atoms with Crippen molar-refractivity contribution in [2.75, 3.05) is 20.1 Å². The van der Waals surface area contributed by atoms with Gasteiger partial charge in [0, 0.05) is 25.6 Å². The van der Waals surface area contributed by atoms with E-state index in [-0.39, 0.29) is 11.4 Å². The van der Waals surface area contributed by atoms with Gasteiger partial charge in [0.05, 0.1) is 0 Å². The topological polar surface area (TPSA) is 32.3 Å². The van der Waals surface area contributed by atoms with E-state index >= 15 is 0 Å². The van der Waals surface area contributed by atoms with E-state index in [2.05, 4.69) is 64.2 Å². The van der Waals surface area contributed by atoms with Crippen molar-refractivity contribution < 1.29 is 4.79 Å². The summed E-state index contributed by atoms with van der Waals surface area (Å²) in [6, 6.07) is 8.49. The van der Waals surface area contributed by atoms with Crippen molar-refractivity contribution in [1.29, 1.82) is 0 Å². The van der Waals surface area contributed by atoms with Crippen LogP contribution >= 0.6 is 0 Å². The molecule has 1 atom stereocenters. The van der Waals surface area contributed by atoms with Gasteiger partial charge in [-0.25, -0.2) is 4.79 Å². The van der Waals surface area contributed by atoms with Gasteiger partial charge in [0.1, 0.15) is 0 Å². The summed E-state index contributed by atoms with van der Waals surface area (Å²) in [7, 11) is 1.86. The molecule has 0 radical (unpaired) electrons. The number of nitrogens with one attached hydrogen (secondary N) is 1. The molecule has 118 valence electrons. The van der Waals surface area contributed by atoms with E-state index in [9.17, 15) is 4.79 Å². The van der Waals surface area contributed by atoms with Crippen LogP contribution in [0.1, 0.15) is 45.2 Å². The summed E-state index contributed by atoms with van der Waals surface area (Å²) in [5, 5.41) is 3.06. The Morgan fingerprint density at radius 3 is 2.62 bits per heavy atom. The van der Waals surface area contributed by atoms with Crippen LogP contribution in [0.5, 0.6) is 0 Å². The molecule has 0 saturated heterocycles. The van der Waals surface area contributed by atoms with E-state index in [1.54, 1.807) is 4.90 Å². The third-order valence-electron chi connectivity index (χ3n) is 4.11. The highest BCUT2D eigenvalue weighted by Crippen LogP contribution is 2.23. The third kappa shape index (κ3) is 5.41. The molecule has 0 heterocycles. The number of nitrogens with zero attached hydrogens (tertiary/aromatic N) is 1. The summed E-state index contributed by atoms with van der Waals surface area (Å²) < 4.78 is 0. The molecule has 0 aliphatic rings. The van der Waals surface area contributed by atoms with Crippen molar-refractivity contribution in [3.63, 3.8) is 0 Å². The van der Waals surface area contributed by atoms with Crippen molar-refractivity contribution in [2.45, 2.75) is 46.5 Å². The number of aryl methyl sites for hydroxylation is 1. The van der Waals surface area contributed by atoms with Gasteiger partial charge in [-0.2, -0.15) is 0 Å². The Bertz CT molecular complexity index is 468. The number of urea groups is 1. The summed E-state index contributed by atoms with van der Waals surface area (Å²) in [5.41, 5.74) is 2.44. The third-order valence-corrected chi connectivity index (χ3v) is 4.11. The molecule has 0 aliphatic heterocycles. The first kappa shape index (κ1) is 17.5. The summed E-state index contributed by atoms with van der Waals surface area (Å²) in [6.07, 6.45) is 1.09. The lowest BCUT2D eigenvalue weighted by Gasteiger charge is -2.28. The summed E-state index contributed by atoms with van der Waals surface area (Å²) >= 11 is 0. The number of hydrogen-bond donors (Lipinski definition) is 1. The lowest BCUT2D eigenvalue weighted by atomic mass is 9.84. The smallest absolute Gasteiger partial charge is 0.317 e. The van der Waals surface area contributed by atoms with Crippen LogP contribution in [0.15, 0.2) is 24.3 Å². The minimum Gasteiger partial charge on any atom is -0.337 e. The van der Waals surface area contributed by atoms with Crippen molar-refractivity contribution in [3.8, 4) is 0 Å². The Kier molecular flexibility index (Phi) is 6.25. The quantitative estimate of drug-likeness (QED) is 0.845. The number of benzene rings is 1. The van der Waals surface area contributed by atoms with Crippen LogP contribution in [0.3, 0.4) is 0 Å². The van der Waals surface area contributed by atoms with Gasteiger partial charge >= 0.3 is 6.03 Å². The Morgan fingerprint density at radius 2 is 2.05 bits per heavy atom. The molecule has 1 N–H and O–H groups in total. The predicted octanol–water partition coefficient (Wildman–Crippen LogP) is 3.96. The minimum absolute atomic E-state index is 0.0102. The standard InChI is InChI=1S/C18H30N2O/c1-7-14(2)12-20(6)17(21)19-13-18(4,5)16-10-8-9-15(3)11-16/h8-11,14H,7,12-13H2,1-6H3,(H,19,21). The second kappa shape index (κ2) is 7.48. The highest BCUT2D eigenvalue weighted by Gasteiger charge is 2.22. The van der Waals surface area contributed by atoms with Crippen LogP contribution in [0, 0.1) is 12.8 Å². The number of rotatable bonds is 6. The van der Waals surface area contributed by atoms with Crippen LogP contribution in [0.25, 0.3) is 0 Å². The highest BCUT2D eigenvalue weighted by atomic mass is 16.2. The number of hydrogen-bond acceptors (Lipinski definition) is 1. The summed E-state index contributed by atoms with van der Waals surface area (Å²) in [6.45, 7) is 12.2. The predicted molar refractivity (Wildman–Crippen MR) is 89.7 cm³/mol. The molecular formula is C18H30N2O. The number of carbonyl (C=O) groups excluding carboxylic acids is 1. The van der Waals surface area contributed by atoms with Crippen molar-refractivity contribution in [2.24, 2.45) is 5.92 Å². The Balaban J connectivity index is 2.58. The fourth-order valence-electron chi connectivity index (χ4n) is 2.28. The maximum atomic E-state index is 12.2. The molecular weight excluding hydrogens is 260 g/mol. The molecule has 1 aromatic carbocycles. The summed E-state index contributed by atoms with van der Waals surface area (Å²) in [4.78, 5) is 13.9. The maximum Gasteiger partial charge on any atom is 0.317 e. The average Bonchev–Trinajstić information content (AvgIpc) is 2.44. The lowest BCUT2D eigenvalue weighted by Crippen LogP contribution is -2.44. The van der Waals surface area contributed by atoms with Gasteiger partial charge < -0.3 is 10.2 Å². The average molecular weight is 290 g/mol. The molecule has 21 heavy (non-hydrogen) atoms. The van der Waals surface area contributed by atoms with Gasteiger partial charge in [-0.1, -0.05) is 63.9 Å².